The summed E-state index contributed by atoms with van der Waals surface area (Å²) in [5.74, 6) is 0.560. The predicted octanol–water partition coefficient (Wildman–Crippen LogP) is 2.67. The van der Waals surface area contributed by atoms with E-state index in [2.05, 4.69) is 20.3 Å². The lowest BCUT2D eigenvalue weighted by molar-refractivity contribution is -0.0289. The van der Waals surface area contributed by atoms with E-state index in [-0.39, 0.29) is 5.75 Å². The predicted molar refractivity (Wildman–Crippen MR) is 139 cm³/mol. The van der Waals surface area contributed by atoms with Gasteiger partial charge in [-0.25, -0.2) is 15.0 Å². The van der Waals surface area contributed by atoms with E-state index < -0.39 is 37.1 Å². The van der Waals surface area contributed by atoms with Gasteiger partial charge in [0.25, 0.3) is 0 Å². The second-order valence-corrected chi connectivity index (χ2v) is 11.8. The quantitative estimate of drug-likeness (QED) is 0.197. The van der Waals surface area contributed by atoms with Crippen LogP contribution in [-0.4, -0.2) is 63.6 Å². The Kier molecular flexibility index (Phi) is 7.59. The zero-order valence-electron chi connectivity index (χ0n) is 19.5. The minimum Gasteiger partial charge on any atom is -0.387 e. The Morgan fingerprint density at radius 3 is 2.41 bits per heavy atom. The molecule has 5 N–H and O–H groups in total. The van der Waals surface area contributed by atoms with E-state index in [1.807, 2.05) is 30.3 Å². The van der Waals surface area contributed by atoms with E-state index in [0.29, 0.717) is 29.1 Å². The van der Waals surface area contributed by atoms with Crippen molar-refractivity contribution in [3.8, 4) is 0 Å². The summed E-state index contributed by atoms with van der Waals surface area (Å²) in [5, 5.41) is 24.7. The van der Waals surface area contributed by atoms with Crippen LogP contribution in [0.3, 0.4) is 0 Å². The Bertz CT molecular complexity index is 1390. The number of ether oxygens (including phenoxy) is 1. The molecule has 1 saturated heterocycles. The van der Waals surface area contributed by atoms with Crippen LogP contribution >= 0.6 is 19.4 Å². The highest BCUT2D eigenvalue weighted by molar-refractivity contribution is 8.04. The molecule has 0 spiro atoms. The highest BCUT2D eigenvalue weighted by atomic mass is 32.2. The Morgan fingerprint density at radius 1 is 1.00 bits per heavy atom. The van der Waals surface area contributed by atoms with E-state index in [1.165, 1.54) is 17.2 Å². The summed E-state index contributed by atoms with van der Waals surface area (Å²) in [7, 11) is -4.50. The van der Waals surface area contributed by atoms with Crippen LogP contribution < -0.4 is 5.32 Å². The number of aliphatic hydroxyl groups is 2. The molecule has 5 rings (SSSR count). The molecule has 4 aromatic rings. The first-order chi connectivity index (χ1) is 17.8. The summed E-state index contributed by atoms with van der Waals surface area (Å²) in [6, 6.07) is 18.3. The Balaban J connectivity index is 1.32. The number of benzene rings is 2. The summed E-state index contributed by atoms with van der Waals surface area (Å²) < 4.78 is 19.6. The fourth-order valence-corrected chi connectivity index (χ4v) is 6.83. The second-order valence-electron chi connectivity index (χ2n) is 8.62. The zero-order chi connectivity index (χ0) is 26.0. The van der Waals surface area contributed by atoms with Crippen LogP contribution in [0, 0.1) is 0 Å². The molecule has 1 aliphatic heterocycles. The molecule has 2 aromatic heterocycles. The maximum Gasteiger partial charge on any atom is 0.342 e. The number of aromatic nitrogens is 4. The van der Waals surface area contributed by atoms with Crippen molar-refractivity contribution in [1.82, 2.24) is 19.5 Å². The summed E-state index contributed by atoms with van der Waals surface area (Å²) in [4.78, 5) is 31.6. The van der Waals surface area contributed by atoms with Crippen molar-refractivity contribution in [2.45, 2.75) is 36.1 Å². The van der Waals surface area contributed by atoms with Crippen LogP contribution in [-0.2, 0) is 15.8 Å². The van der Waals surface area contributed by atoms with E-state index >= 15 is 0 Å². The molecule has 11 nitrogen and oxygen atoms in total. The van der Waals surface area contributed by atoms with Gasteiger partial charge in [0.05, 0.1) is 12.4 Å². The van der Waals surface area contributed by atoms with E-state index in [4.69, 9.17) is 4.74 Å². The third-order valence-electron chi connectivity index (χ3n) is 6.08. The number of imidazole rings is 1. The van der Waals surface area contributed by atoms with Crippen LogP contribution in [0.5, 0.6) is 0 Å². The van der Waals surface area contributed by atoms with Crippen LogP contribution in [0.2, 0.25) is 0 Å². The molecule has 1 fully saturated rings. The molecule has 2 aromatic carbocycles. The fourth-order valence-electron chi connectivity index (χ4n) is 4.24. The Labute approximate surface area is 216 Å². The first-order valence-electron chi connectivity index (χ1n) is 11.5. The molecular weight excluding hydrogens is 517 g/mol. The molecule has 37 heavy (non-hydrogen) atoms. The first-order valence-corrected chi connectivity index (χ1v) is 14.2. The van der Waals surface area contributed by atoms with Crippen LogP contribution in [0.1, 0.15) is 22.3 Å². The van der Waals surface area contributed by atoms with E-state index in [1.54, 1.807) is 30.3 Å². The monoisotopic (exact) mass is 543 g/mol. The number of anilines is 1. The van der Waals surface area contributed by atoms with Gasteiger partial charge in [0.1, 0.15) is 23.5 Å². The maximum absolute atomic E-state index is 12.1. The van der Waals surface area contributed by atoms with Gasteiger partial charge < -0.3 is 30.1 Å². The van der Waals surface area contributed by atoms with Gasteiger partial charge in [-0.2, -0.15) is 0 Å². The van der Waals surface area contributed by atoms with Crippen LogP contribution in [0.4, 0.5) is 5.82 Å². The first kappa shape index (κ1) is 25.8. The average Bonchev–Trinajstić information content (AvgIpc) is 3.45. The molecule has 0 aliphatic carbocycles. The number of aliphatic hydroxyl groups excluding tert-OH is 2. The molecule has 1 aliphatic rings. The minimum atomic E-state index is -4.50. The zero-order valence-corrected chi connectivity index (χ0v) is 21.2. The molecule has 194 valence electrons. The lowest BCUT2D eigenvalue weighted by Gasteiger charge is -2.21. The fraction of sp³-hybridized carbons (Fsp3) is 0.292. The normalized spacial score (nSPS) is 22.8. The van der Waals surface area contributed by atoms with Gasteiger partial charge in [-0.15, -0.1) is 11.8 Å². The molecule has 5 atom stereocenters. The number of thioether (sulfide) groups is 1. The summed E-state index contributed by atoms with van der Waals surface area (Å²) in [6.07, 6.45) is -1.61. The largest absolute Gasteiger partial charge is 0.387 e. The lowest BCUT2D eigenvalue weighted by Crippen LogP contribution is -2.32. The highest BCUT2D eigenvalue weighted by Crippen LogP contribution is 2.58. The number of nitrogens with one attached hydrogen (secondary N) is 1. The third-order valence-corrected chi connectivity index (χ3v) is 9.37. The highest BCUT2D eigenvalue weighted by Gasteiger charge is 2.45. The standard InChI is InChI=1S/C24H26N5O6PS/c30-19-17(12-37-24(36(32,33)34)16-9-5-2-6-10-16)35-23(20(19)31)29-14-28-18-21(26-13-27-22(18)29)25-11-15-7-3-1-4-8-15/h1-10,13-14,17,19-20,23-24,30-31H,11-12H2,(H,25,26,27)(H2,32,33,34)/t17-,19-,20-,23-,24?/m1/s1. The average molecular weight is 544 g/mol. The van der Waals surface area contributed by atoms with Gasteiger partial charge in [0.2, 0.25) is 0 Å². The number of nitrogens with zero attached hydrogens (tertiary/aromatic N) is 4. The second kappa shape index (κ2) is 10.9. The van der Waals surface area contributed by atoms with Crippen molar-refractivity contribution in [2.75, 3.05) is 11.1 Å². The summed E-state index contributed by atoms with van der Waals surface area (Å²) >= 11 is 0.975. The molecule has 0 amide bonds. The van der Waals surface area contributed by atoms with E-state index in [0.717, 1.165) is 17.3 Å². The van der Waals surface area contributed by atoms with Crippen molar-refractivity contribution in [2.24, 2.45) is 0 Å². The minimum absolute atomic E-state index is 0.0465. The van der Waals surface area contributed by atoms with Gasteiger partial charge >= 0.3 is 7.60 Å². The van der Waals surface area contributed by atoms with Crippen molar-refractivity contribution in [3.63, 3.8) is 0 Å². The molecule has 0 radical (unpaired) electrons. The SMILES string of the molecule is O=P(O)(O)C(SC[C@H]1O[C@@H](n2cnc3c(NCc4ccccc4)ncnc32)[C@H](O)[C@@H]1O)c1ccccc1. The molecule has 1 unspecified atom stereocenters. The Hall–Kier alpha value is -2.83. The van der Waals surface area contributed by atoms with E-state index in [9.17, 15) is 24.6 Å². The van der Waals surface area contributed by atoms with Gasteiger partial charge in [-0.1, -0.05) is 60.7 Å². The van der Waals surface area contributed by atoms with Crippen molar-refractivity contribution in [3.05, 3.63) is 84.4 Å². The van der Waals surface area contributed by atoms with Crippen LogP contribution in [0.25, 0.3) is 11.2 Å². The lowest BCUT2D eigenvalue weighted by atomic mass is 10.1. The maximum atomic E-state index is 12.1. The molecule has 3 heterocycles. The molecular formula is C24H26N5O6PS. The number of rotatable bonds is 9. The number of hydrogen-bond donors (Lipinski definition) is 5. The third kappa shape index (κ3) is 5.55. The smallest absolute Gasteiger partial charge is 0.342 e. The molecule has 0 saturated carbocycles. The molecule has 0 bridgehead atoms. The van der Waals surface area contributed by atoms with Gasteiger partial charge in [-0.3, -0.25) is 9.13 Å². The van der Waals surface area contributed by atoms with Crippen LogP contribution in [0.15, 0.2) is 73.3 Å². The topological polar surface area (TPSA) is 163 Å². The Morgan fingerprint density at radius 2 is 1.70 bits per heavy atom. The summed E-state index contributed by atoms with van der Waals surface area (Å²) in [5.41, 5.74) is 2.42. The van der Waals surface area contributed by atoms with Crippen molar-refractivity contribution in [1.29, 1.82) is 0 Å². The van der Waals surface area contributed by atoms with Gasteiger partial charge in [0.15, 0.2) is 23.2 Å². The number of fused-ring (bicyclic) bond motifs is 1. The van der Waals surface area contributed by atoms with Crippen molar-refractivity contribution < 1.29 is 29.3 Å². The number of hydrogen-bond acceptors (Lipinski definition) is 9. The van der Waals surface area contributed by atoms with Gasteiger partial charge in [-0.05, 0) is 11.1 Å². The van der Waals surface area contributed by atoms with Gasteiger partial charge in [0, 0.05) is 12.3 Å². The van der Waals surface area contributed by atoms with Crippen molar-refractivity contribution >= 4 is 36.3 Å². The molecule has 13 heteroatoms. The summed E-state index contributed by atoms with van der Waals surface area (Å²) in [6.45, 7) is 0.530.